The fourth-order valence-electron chi connectivity index (χ4n) is 2.80. The Hall–Kier alpha value is -3.19. The van der Waals surface area contributed by atoms with Gasteiger partial charge in [-0.3, -0.25) is 4.79 Å². The Kier molecular flexibility index (Phi) is 5.08. The summed E-state index contributed by atoms with van der Waals surface area (Å²) in [6.07, 6.45) is 0.153. The lowest BCUT2D eigenvalue weighted by Gasteiger charge is -2.01. The van der Waals surface area contributed by atoms with Crippen LogP contribution in [-0.2, 0) is 11.2 Å². The van der Waals surface area contributed by atoms with Gasteiger partial charge in [0.1, 0.15) is 22.8 Å². The molecule has 0 atom stereocenters. The Morgan fingerprint density at radius 1 is 1.21 bits per heavy atom. The molecule has 0 saturated heterocycles. The van der Waals surface area contributed by atoms with Gasteiger partial charge in [-0.1, -0.05) is 12.1 Å². The van der Waals surface area contributed by atoms with Gasteiger partial charge in [0.25, 0.3) is 0 Å². The van der Waals surface area contributed by atoms with Crippen molar-refractivity contribution in [2.45, 2.75) is 13.3 Å². The van der Waals surface area contributed by atoms with Crippen molar-refractivity contribution in [1.29, 1.82) is 0 Å². The summed E-state index contributed by atoms with van der Waals surface area (Å²) in [4.78, 5) is 16.6. The molecule has 142 valence electrons. The molecule has 1 amide bonds. The van der Waals surface area contributed by atoms with E-state index in [9.17, 15) is 9.18 Å². The van der Waals surface area contributed by atoms with E-state index in [4.69, 9.17) is 9.15 Å². The van der Waals surface area contributed by atoms with Crippen molar-refractivity contribution in [1.82, 2.24) is 4.98 Å². The van der Waals surface area contributed by atoms with Crippen molar-refractivity contribution in [3.05, 3.63) is 65.3 Å². The predicted octanol–water partition coefficient (Wildman–Crippen LogP) is 5.28. The van der Waals surface area contributed by atoms with Gasteiger partial charge < -0.3 is 14.5 Å². The Morgan fingerprint density at radius 2 is 2.04 bits per heavy atom. The molecule has 0 aliphatic rings. The van der Waals surface area contributed by atoms with Crippen LogP contribution < -0.4 is 10.1 Å². The third kappa shape index (κ3) is 4.04. The number of rotatable bonds is 6. The first-order valence-corrected chi connectivity index (χ1v) is 9.65. The number of fused-ring (bicyclic) bond motifs is 1. The van der Waals surface area contributed by atoms with Crippen LogP contribution in [0, 0.1) is 5.82 Å². The lowest BCUT2D eigenvalue weighted by atomic mass is 10.1. The van der Waals surface area contributed by atoms with Crippen LogP contribution in [-0.4, -0.2) is 17.5 Å². The number of benzene rings is 2. The lowest BCUT2D eigenvalue weighted by Crippen LogP contribution is -2.14. The molecule has 2 heterocycles. The number of halogens is 1. The molecule has 1 N–H and O–H groups in total. The maximum Gasteiger partial charge on any atom is 0.230 e. The minimum Gasteiger partial charge on any atom is -0.494 e. The van der Waals surface area contributed by atoms with Crippen LogP contribution in [0.2, 0.25) is 0 Å². The maximum atomic E-state index is 12.9. The largest absolute Gasteiger partial charge is 0.494 e. The van der Waals surface area contributed by atoms with Crippen LogP contribution in [0.3, 0.4) is 0 Å². The average Bonchev–Trinajstić information content (AvgIpc) is 3.30. The van der Waals surface area contributed by atoms with Gasteiger partial charge in [0.05, 0.1) is 13.0 Å². The predicted molar refractivity (Wildman–Crippen MR) is 107 cm³/mol. The number of nitrogens with zero attached hydrogens (tertiary/aromatic N) is 1. The summed E-state index contributed by atoms with van der Waals surface area (Å²) in [7, 11) is 0. The zero-order valence-corrected chi connectivity index (χ0v) is 15.9. The topological polar surface area (TPSA) is 64.4 Å². The third-order valence-corrected chi connectivity index (χ3v) is 4.84. The first kappa shape index (κ1) is 18.2. The molecule has 0 aliphatic heterocycles. The smallest absolute Gasteiger partial charge is 0.230 e. The number of thiazole rings is 1. The van der Waals surface area contributed by atoms with Crippen LogP contribution in [0.1, 0.15) is 12.5 Å². The number of anilines is 1. The van der Waals surface area contributed by atoms with Crippen molar-refractivity contribution in [3.63, 3.8) is 0 Å². The molecule has 0 unspecified atom stereocenters. The van der Waals surface area contributed by atoms with Crippen LogP contribution in [0.4, 0.5) is 9.52 Å². The van der Waals surface area contributed by atoms with Crippen molar-refractivity contribution in [2.24, 2.45) is 0 Å². The van der Waals surface area contributed by atoms with Crippen molar-refractivity contribution >= 4 is 33.3 Å². The molecule has 7 heteroatoms. The number of carbonyl (C=O) groups excluding carboxylic acids is 1. The summed E-state index contributed by atoms with van der Waals surface area (Å²) in [5, 5.41) is 6.01. The van der Waals surface area contributed by atoms with Crippen LogP contribution in [0.5, 0.6) is 5.75 Å². The Labute approximate surface area is 164 Å². The molecular formula is C21H17FN2O3S. The van der Waals surface area contributed by atoms with Gasteiger partial charge in [0.15, 0.2) is 10.9 Å². The zero-order chi connectivity index (χ0) is 19.5. The molecule has 0 bridgehead atoms. The normalized spacial score (nSPS) is 10.9. The number of ether oxygens (including phenoxy) is 1. The second-order valence-electron chi connectivity index (χ2n) is 6.13. The van der Waals surface area contributed by atoms with Gasteiger partial charge in [-0.2, -0.15) is 0 Å². The Bertz CT molecular complexity index is 1120. The van der Waals surface area contributed by atoms with E-state index in [0.29, 0.717) is 23.2 Å². The van der Waals surface area contributed by atoms with Crippen molar-refractivity contribution < 1.29 is 18.3 Å². The molecule has 28 heavy (non-hydrogen) atoms. The summed E-state index contributed by atoms with van der Waals surface area (Å²) < 4.78 is 24.3. The van der Waals surface area contributed by atoms with Crippen LogP contribution in [0.25, 0.3) is 22.4 Å². The minimum absolute atomic E-state index is 0.153. The number of hydrogen-bond acceptors (Lipinski definition) is 5. The molecule has 0 aliphatic carbocycles. The number of furan rings is 1. The minimum atomic E-state index is -0.326. The van der Waals surface area contributed by atoms with Crippen molar-refractivity contribution in [3.8, 4) is 17.2 Å². The van der Waals surface area contributed by atoms with Crippen molar-refractivity contribution in [2.75, 3.05) is 11.9 Å². The van der Waals surface area contributed by atoms with Gasteiger partial charge in [-0.05, 0) is 48.9 Å². The highest BCUT2D eigenvalue weighted by atomic mass is 32.1. The zero-order valence-electron chi connectivity index (χ0n) is 15.1. The number of aromatic nitrogens is 1. The first-order valence-electron chi connectivity index (χ1n) is 8.77. The van der Waals surface area contributed by atoms with Crippen LogP contribution in [0.15, 0.2) is 58.3 Å². The highest BCUT2D eigenvalue weighted by molar-refractivity contribution is 7.14. The van der Waals surface area contributed by atoms with E-state index in [1.54, 1.807) is 12.1 Å². The van der Waals surface area contributed by atoms with E-state index in [-0.39, 0.29) is 18.1 Å². The van der Waals surface area contributed by atoms with Gasteiger partial charge in [0.2, 0.25) is 5.91 Å². The fourth-order valence-corrected chi connectivity index (χ4v) is 3.52. The molecule has 0 radical (unpaired) electrons. The standard InChI is InChI=1S/C21H17FN2O3S/c1-2-26-16-7-8-18-14(10-16)11-19(27-18)17-12-28-21(23-17)24-20(25)9-13-3-5-15(22)6-4-13/h3-8,10-12H,2,9H2,1H3,(H,23,24,25). The number of hydrogen-bond donors (Lipinski definition) is 1. The summed E-state index contributed by atoms with van der Waals surface area (Å²) in [5.74, 6) is 0.875. The summed E-state index contributed by atoms with van der Waals surface area (Å²) in [6, 6.07) is 13.4. The van der Waals surface area contributed by atoms with Gasteiger partial charge >= 0.3 is 0 Å². The van der Waals surface area contributed by atoms with E-state index in [0.717, 1.165) is 22.3 Å². The second kappa shape index (κ2) is 7.82. The monoisotopic (exact) mass is 396 g/mol. The number of carbonyl (C=O) groups is 1. The van der Waals surface area contributed by atoms with Gasteiger partial charge in [-0.15, -0.1) is 11.3 Å². The molecular weight excluding hydrogens is 379 g/mol. The molecule has 4 aromatic rings. The third-order valence-electron chi connectivity index (χ3n) is 4.08. The SMILES string of the molecule is CCOc1ccc2oc(-c3csc(NC(=O)Cc4ccc(F)cc4)n3)cc2c1. The highest BCUT2D eigenvalue weighted by Gasteiger charge is 2.13. The number of nitrogens with one attached hydrogen (secondary N) is 1. The van der Waals surface area contributed by atoms with E-state index in [1.807, 2.05) is 36.6 Å². The molecule has 0 spiro atoms. The summed E-state index contributed by atoms with van der Waals surface area (Å²) in [5.41, 5.74) is 2.13. The maximum absolute atomic E-state index is 12.9. The Balaban J connectivity index is 1.47. The first-order chi connectivity index (χ1) is 13.6. The van der Waals surface area contributed by atoms with E-state index < -0.39 is 0 Å². The lowest BCUT2D eigenvalue weighted by molar-refractivity contribution is -0.115. The van der Waals surface area contributed by atoms with Crippen LogP contribution >= 0.6 is 11.3 Å². The molecule has 0 fully saturated rings. The van der Waals surface area contributed by atoms with Gasteiger partial charge in [-0.25, -0.2) is 9.37 Å². The van der Waals surface area contributed by atoms with E-state index >= 15 is 0 Å². The molecule has 5 nitrogen and oxygen atoms in total. The molecule has 4 rings (SSSR count). The molecule has 2 aromatic carbocycles. The quantitative estimate of drug-likeness (QED) is 0.482. The number of amides is 1. The summed E-state index contributed by atoms with van der Waals surface area (Å²) >= 11 is 1.32. The highest BCUT2D eigenvalue weighted by Crippen LogP contribution is 2.32. The van der Waals surface area contributed by atoms with E-state index in [2.05, 4.69) is 10.3 Å². The Morgan fingerprint density at radius 3 is 2.82 bits per heavy atom. The molecule has 0 saturated carbocycles. The van der Waals surface area contributed by atoms with Gasteiger partial charge in [0, 0.05) is 10.8 Å². The second-order valence-corrected chi connectivity index (χ2v) is 6.99. The fraction of sp³-hybridized carbons (Fsp3) is 0.143. The average molecular weight is 396 g/mol. The van der Waals surface area contributed by atoms with E-state index in [1.165, 1.54) is 23.5 Å². The molecule has 2 aromatic heterocycles. The summed E-state index contributed by atoms with van der Waals surface area (Å²) in [6.45, 7) is 2.54.